The van der Waals surface area contributed by atoms with Gasteiger partial charge in [-0.3, -0.25) is 4.79 Å². The van der Waals surface area contributed by atoms with E-state index in [9.17, 15) is 9.90 Å². The van der Waals surface area contributed by atoms with Gasteiger partial charge in [0.05, 0.1) is 10.7 Å². The van der Waals surface area contributed by atoms with Gasteiger partial charge in [-0.05, 0) is 50.1 Å². The van der Waals surface area contributed by atoms with Crippen LogP contribution in [0.4, 0.5) is 0 Å². The summed E-state index contributed by atoms with van der Waals surface area (Å²) in [5, 5.41) is 13.4. The van der Waals surface area contributed by atoms with Crippen LogP contribution in [0.3, 0.4) is 0 Å². The van der Waals surface area contributed by atoms with E-state index >= 15 is 0 Å². The topological polar surface area (TPSA) is 74.8 Å². The van der Waals surface area contributed by atoms with Gasteiger partial charge in [-0.2, -0.15) is 5.10 Å². The summed E-state index contributed by atoms with van der Waals surface area (Å²) in [6.07, 6.45) is 1.34. The highest BCUT2D eigenvalue weighted by atomic mass is 79.9. The van der Waals surface area contributed by atoms with Crippen LogP contribution in [0.5, 0.6) is 5.75 Å². The molecule has 1 aromatic carbocycles. The second-order valence-electron chi connectivity index (χ2n) is 3.63. The Hall–Kier alpha value is -1.12. The highest BCUT2D eigenvalue weighted by Gasteiger charge is 2.13. The van der Waals surface area contributed by atoms with E-state index in [1.165, 1.54) is 18.3 Å². The number of carbonyl (C=O) groups excluding carboxylic acids is 1. The number of hydrazone groups is 1. The largest absolute Gasteiger partial charge is 0.507 e. The lowest BCUT2D eigenvalue weighted by molar-refractivity contribution is 0.0926. The number of phenols is 1. The molecule has 2 aromatic rings. The van der Waals surface area contributed by atoms with Crippen molar-refractivity contribution in [3.05, 3.63) is 49.2 Å². The summed E-state index contributed by atoms with van der Waals surface area (Å²) in [5.74, 6) is -0.328. The van der Waals surface area contributed by atoms with E-state index in [-0.39, 0.29) is 11.5 Å². The van der Waals surface area contributed by atoms with Gasteiger partial charge in [0.25, 0.3) is 0 Å². The maximum atomic E-state index is 11.7. The lowest BCUT2D eigenvalue weighted by Crippen LogP contribution is -2.16. The smallest absolute Gasteiger partial charge is 0.307 e. The average molecular weight is 467 g/mol. The first-order chi connectivity index (χ1) is 9.47. The zero-order chi connectivity index (χ0) is 14.7. The summed E-state index contributed by atoms with van der Waals surface area (Å²) < 4.78 is 6.96. The third-order valence-electron chi connectivity index (χ3n) is 2.23. The van der Waals surface area contributed by atoms with Crippen molar-refractivity contribution >= 4 is 59.9 Å². The molecule has 0 aliphatic heterocycles. The van der Waals surface area contributed by atoms with Crippen molar-refractivity contribution in [1.29, 1.82) is 0 Å². The number of nitrogens with one attached hydrogen (secondary N) is 1. The van der Waals surface area contributed by atoms with Gasteiger partial charge in [-0.15, -0.1) is 0 Å². The fourth-order valence-corrected chi connectivity index (χ4v) is 2.23. The Kier molecular flexibility index (Phi) is 5.00. The third-order valence-corrected chi connectivity index (χ3v) is 4.43. The van der Waals surface area contributed by atoms with Crippen LogP contribution in [0, 0.1) is 0 Å². The molecule has 1 amide bonds. The first-order valence-corrected chi connectivity index (χ1v) is 7.62. The molecule has 5 nitrogen and oxygen atoms in total. The first-order valence-electron chi connectivity index (χ1n) is 5.24. The van der Waals surface area contributed by atoms with E-state index in [0.29, 0.717) is 14.7 Å². The molecular formula is C12H7Br3N2O3. The van der Waals surface area contributed by atoms with Crippen molar-refractivity contribution in [3.63, 3.8) is 0 Å². The highest BCUT2D eigenvalue weighted by molar-refractivity contribution is 9.13. The van der Waals surface area contributed by atoms with Gasteiger partial charge >= 0.3 is 5.91 Å². The van der Waals surface area contributed by atoms with Crippen LogP contribution < -0.4 is 5.43 Å². The zero-order valence-corrected chi connectivity index (χ0v) is 14.5. The number of hydrogen-bond donors (Lipinski definition) is 2. The minimum absolute atomic E-state index is 0.0564. The van der Waals surface area contributed by atoms with E-state index < -0.39 is 5.91 Å². The second-order valence-corrected chi connectivity index (χ2v) is 6.12. The molecule has 0 bridgehead atoms. The predicted octanol–water partition coefficient (Wildman–Crippen LogP) is 4.04. The SMILES string of the molecule is O=C(N/N=C\c1ccc(Br)cc1O)c1cc(Br)c(Br)o1. The van der Waals surface area contributed by atoms with Gasteiger partial charge in [0.1, 0.15) is 5.75 Å². The molecule has 0 aliphatic carbocycles. The fraction of sp³-hybridized carbons (Fsp3) is 0. The van der Waals surface area contributed by atoms with Gasteiger partial charge in [0.15, 0.2) is 10.4 Å². The Bertz CT molecular complexity index is 663. The van der Waals surface area contributed by atoms with Crippen molar-refractivity contribution in [2.45, 2.75) is 0 Å². The summed E-state index contributed by atoms with van der Waals surface area (Å²) in [5.41, 5.74) is 2.78. The number of aromatic hydroxyl groups is 1. The van der Waals surface area contributed by atoms with Crippen LogP contribution in [-0.4, -0.2) is 17.2 Å². The maximum absolute atomic E-state index is 11.7. The fourth-order valence-electron chi connectivity index (χ4n) is 1.30. The van der Waals surface area contributed by atoms with E-state index in [4.69, 9.17) is 4.42 Å². The number of phenolic OH excluding ortho intramolecular Hbond substituents is 1. The van der Waals surface area contributed by atoms with E-state index in [1.807, 2.05) is 0 Å². The first kappa shape index (κ1) is 15.3. The van der Waals surface area contributed by atoms with Crippen molar-refractivity contribution in [1.82, 2.24) is 5.43 Å². The Morgan fingerprint density at radius 3 is 2.65 bits per heavy atom. The number of amides is 1. The van der Waals surface area contributed by atoms with Crippen LogP contribution in [-0.2, 0) is 0 Å². The lowest BCUT2D eigenvalue weighted by Gasteiger charge is -1.99. The van der Waals surface area contributed by atoms with Crippen molar-refractivity contribution in [2.75, 3.05) is 0 Å². The number of halogens is 3. The van der Waals surface area contributed by atoms with E-state index in [0.717, 1.165) is 4.47 Å². The predicted molar refractivity (Wildman–Crippen MR) is 85.0 cm³/mol. The molecule has 0 fully saturated rings. The van der Waals surface area contributed by atoms with Crippen LogP contribution in [0.1, 0.15) is 16.1 Å². The number of benzene rings is 1. The van der Waals surface area contributed by atoms with Gasteiger partial charge in [-0.25, -0.2) is 5.43 Å². The van der Waals surface area contributed by atoms with Crippen LogP contribution in [0.25, 0.3) is 0 Å². The van der Waals surface area contributed by atoms with E-state index in [2.05, 4.69) is 58.3 Å². The Morgan fingerprint density at radius 2 is 2.05 bits per heavy atom. The molecule has 0 unspecified atom stereocenters. The number of rotatable bonds is 3. The van der Waals surface area contributed by atoms with Crippen LogP contribution in [0.15, 0.2) is 47.4 Å². The molecule has 1 heterocycles. The molecule has 8 heteroatoms. The summed E-state index contributed by atoms with van der Waals surface area (Å²) in [7, 11) is 0. The quantitative estimate of drug-likeness (QED) is 0.529. The zero-order valence-electron chi connectivity index (χ0n) is 9.73. The Morgan fingerprint density at radius 1 is 1.30 bits per heavy atom. The molecule has 2 rings (SSSR count). The third kappa shape index (κ3) is 3.71. The van der Waals surface area contributed by atoms with Gasteiger partial charge in [0.2, 0.25) is 0 Å². The van der Waals surface area contributed by atoms with Crippen molar-refractivity contribution in [2.24, 2.45) is 5.10 Å². The highest BCUT2D eigenvalue weighted by Crippen LogP contribution is 2.26. The molecule has 0 atom stereocenters. The molecule has 1 aromatic heterocycles. The van der Waals surface area contributed by atoms with Crippen molar-refractivity contribution in [3.8, 4) is 5.75 Å². The monoisotopic (exact) mass is 464 g/mol. The minimum Gasteiger partial charge on any atom is -0.507 e. The summed E-state index contributed by atoms with van der Waals surface area (Å²) >= 11 is 9.58. The molecule has 0 radical (unpaired) electrons. The molecule has 2 N–H and O–H groups in total. The lowest BCUT2D eigenvalue weighted by atomic mass is 10.2. The molecule has 20 heavy (non-hydrogen) atoms. The maximum Gasteiger partial charge on any atom is 0.307 e. The standard InChI is InChI=1S/C12H7Br3N2O3/c13-7-2-1-6(9(18)3-7)5-16-17-12(19)10-4-8(14)11(15)20-10/h1-5,18H,(H,17,19)/b16-5-. The number of carbonyl (C=O) groups is 1. The summed E-state index contributed by atoms with van der Waals surface area (Å²) in [6.45, 7) is 0. The van der Waals surface area contributed by atoms with Gasteiger partial charge in [0, 0.05) is 16.1 Å². The van der Waals surface area contributed by atoms with E-state index in [1.54, 1.807) is 12.1 Å². The molecule has 0 saturated heterocycles. The molecular weight excluding hydrogens is 460 g/mol. The number of hydrogen-bond acceptors (Lipinski definition) is 4. The van der Waals surface area contributed by atoms with Crippen molar-refractivity contribution < 1.29 is 14.3 Å². The van der Waals surface area contributed by atoms with Gasteiger partial charge < -0.3 is 9.52 Å². The summed E-state index contributed by atoms with van der Waals surface area (Å²) in [6, 6.07) is 6.47. The number of furan rings is 1. The molecule has 104 valence electrons. The minimum atomic E-state index is -0.496. The average Bonchev–Trinajstić information content (AvgIpc) is 2.72. The Labute approximate surface area is 139 Å². The Balaban J connectivity index is 2.04. The molecule has 0 aliphatic rings. The van der Waals surface area contributed by atoms with Crippen LogP contribution in [0.2, 0.25) is 0 Å². The molecule has 0 spiro atoms. The second kappa shape index (κ2) is 6.55. The molecule has 0 saturated carbocycles. The summed E-state index contributed by atoms with van der Waals surface area (Å²) in [4.78, 5) is 11.7. The number of nitrogens with zero attached hydrogens (tertiary/aromatic N) is 1. The van der Waals surface area contributed by atoms with Gasteiger partial charge in [-0.1, -0.05) is 15.9 Å². The normalized spacial score (nSPS) is 10.9. The van der Waals surface area contributed by atoms with Crippen LogP contribution >= 0.6 is 47.8 Å².